The van der Waals surface area contributed by atoms with Gasteiger partial charge in [0.25, 0.3) is 0 Å². The van der Waals surface area contributed by atoms with Crippen LogP contribution in [0, 0.1) is 0 Å². The van der Waals surface area contributed by atoms with Crippen LogP contribution in [0.4, 0.5) is 5.69 Å². The van der Waals surface area contributed by atoms with E-state index in [4.69, 9.17) is 5.73 Å². The molecule has 0 saturated carbocycles. The fourth-order valence-electron chi connectivity index (χ4n) is 2.62. The van der Waals surface area contributed by atoms with Gasteiger partial charge in [-0.1, -0.05) is 0 Å². The van der Waals surface area contributed by atoms with Crippen molar-refractivity contribution in [3.63, 3.8) is 0 Å². The van der Waals surface area contributed by atoms with Crippen LogP contribution in [0.2, 0.25) is 0 Å². The van der Waals surface area contributed by atoms with Gasteiger partial charge in [-0.05, 0) is 36.1 Å². The third kappa shape index (κ3) is 1.16. The molecule has 0 radical (unpaired) electrons. The van der Waals surface area contributed by atoms with Gasteiger partial charge in [0.2, 0.25) is 11.8 Å². The number of nitrogens with zero attached hydrogens (tertiary/aromatic N) is 1. The third-order valence-electron chi connectivity index (χ3n) is 3.29. The number of hydrogen-bond acceptors (Lipinski definition) is 2. The van der Waals surface area contributed by atoms with Gasteiger partial charge in [0.05, 0.1) is 12.1 Å². The zero-order chi connectivity index (χ0) is 11.3. The minimum absolute atomic E-state index is 0.137. The highest BCUT2D eigenvalue weighted by atomic mass is 16.2. The summed E-state index contributed by atoms with van der Waals surface area (Å²) in [5.74, 6) is -0.284. The first kappa shape index (κ1) is 9.39. The van der Waals surface area contributed by atoms with E-state index >= 15 is 0 Å². The van der Waals surface area contributed by atoms with Crippen LogP contribution in [0.25, 0.3) is 0 Å². The Balaban J connectivity index is 2.21. The quantitative estimate of drug-likeness (QED) is 0.748. The maximum Gasteiger partial charge on any atom is 0.248 e. The molecule has 16 heavy (non-hydrogen) atoms. The monoisotopic (exact) mass is 216 g/mol. The van der Waals surface area contributed by atoms with E-state index < -0.39 is 5.91 Å². The Kier molecular flexibility index (Phi) is 1.80. The molecule has 0 bridgehead atoms. The molecule has 0 spiro atoms. The highest BCUT2D eigenvalue weighted by Crippen LogP contribution is 2.37. The van der Waals surface area contributed by atoms with Gasteiger partial charge in [-0.2, -0.15) is 0 Å². The van der Waals surface area contributed by atoms with Gasteiger partial charge in [-0.3, -0.25) is 9.59 Å². The van der Waals surface area contributed by atoms with Gasteiger partial charge in [0, 0.05) is 12.1 Å². The summed E-state index contributed by atoms with van der Waals surface area (Å²) >= 11 is 0. The molecule has 2 amide bonds. The van der Waals surface area contributed by atoms with Crippen molar-refractivity contribution >= 4 is 17.5 Å². The lowest BCUT2D eigenvalue weighted by Crippen LogP contribution is -2.31. The number of carbonyl (C=O) groups excluding carboxylic acids is 2. The van der Waals surface area contributed by atoms with Crippen LogP contribution in [0.15, 0.2) is 12.1 Å². The van der Waals surface area contributed by atoms with Crippen molar-refractivity contribution in [2.75, 3.05) is 11.4 Å². The molecule has 0 unspecified atom stereocenters. The number of carbonyl (C=O) groups is 2. The number of nitrogens with two attached hydrogens (primary N) is 1. The Labute approximate surface area is 93.0 Å². The van der Waals surface area contributed by atoms with Crippen molar-refractivity contribution in [3.8, 4) is 0 Å². The normalized spacial score (nSPS) is 17.5. The average Bonchev–Trinajstić information content (AvgIpc) is 2.58. The highest BCUT2D eigenvalue weighted by Gasteiger charge is 2.32. The predicted octanol–water partition coefficient (Wildman–Crippen LogP) is 0.621. The summed E-state index contributed by atoms with van der Waals surface area (Å²) in [6.45, 7) is 0.800. The van der Waals surface area contributed by atoms with Gasteiger partial charge in [-0.15, -0.1) is 0 Å². The number of benzene rings is 1. The third-order valence-corrected chi connectivity index (χ3v) is 3.29. The topological polar surface area (TPSA) is 63.4 Å². The van der Waals surface area contributed by atoms with E-state index in [0.717, 1.165) is 36.2 Å². The van der Waals surface area contributed by atoms with Crippen molar-refractivity contribution in [1.82, 2.24) is 0 Å². The number of hydrogen-bond donors (Lipinski definition) is 1. The second kappa shape index (κ2) is 3.07. The highest BCUT2D eigenvalue weighted by molar-refractivity contribution is 6.04. The van der Waals surface area contributed by atoms with Gasteiger partial charge < -0.3 is 10.6 Å². The van der Waals surface area contributed by atoms with Crippen LogP contribution < -0.4 is 10.6 Å². The molecule has 0 fully saturated rings. The Morgan fingerprint density at radius 2 is 2.06 bits per heavy atom. The van der Waals surface area contributed by atoms with Crippen LogP contribution in [-0.4, -0.2) is 18.4 Å². The first-order valence-electron chi connectivity index (χ1n) is 5.43. The molecule has 2 aliphatic rings. The Bertz CT molecular complexity index is 508. The molecule has 2 aliphatic heterocycles. The fourth-order valence-corrected chi connectivity index (χ4v) is 2.62. The molecule has 82 valence electrons. The molecule has 0 aliphatic carbocycles. The van der Waals surface area contributed by atoms with Gasteiger partial charge in [0.1, 0.15) is 0 Å². The van der Waals surface area contributed by atoms with E-state index in [-0.39, 0.29) is 5.91 Å². The summed E-state index contributed by atoms with van der Waals surface area (Å²) in [6, 6.07) is 3.58. The molecule has 1 aromatic rings. The number of primary amides is 1. The molecule has 0 aromatic heterocycles. The van der Waals surface area contributed by atoms with E-state index in [1.807, 2.05) is 11.0 Å². The number of amides is 2. The second-order valence-electron chi connectivity index (χ2n) is 4.33. The maximum atomic E-state index is 11.7. The molecule has 2 heterocycles. The summed E-state index contributed by atoms with van der Waals surface area (Å²) in [5, 5.41) is 0. The predicted molar refractivity (Wildman–Crippen MR) is 59.3 cm³/mol. The Morgan fingerprint density at radius 1 is 1.31 bits per heavy atom. The van der Waals surface area contributed by atoms with Crippen molar-refractivity contribution in [1.29, 1.82) is 0 Å². The largest absolute Gasteiger partial charge is 0.366 e. The van der Waals surface area contributed by atoms with Crippen LogP contribution in [-0.2, 0) is 17.6 Å². The van der Waals surface area contributed by atoms with Crippen LogP contribution in [0.3, 0.4) is 0 Å². The summed E-state index contributed by atoms with van der Waals surface area (Å²) in [7, 11) is 0. The molecule has 4 nitrogen and oxygen atoms in total. The number of aryl methyl sites for hydroxylation is 1. The lowest BCUT2D eigenvalue weighted by molar-refractivity contribution is -0.117. The van der Waals surface area contributed by atoms with Crippen molar-refractivity contribution in [2.45, 2.75) is 19.3 Å². The van der Waals surface area contributed by atoms with Crippen molar-refractivity contribution < 1.29 is 9.59 Å². The molecule has 4 heteroatoms. The molecular formula is C12H12N2O2. The molecular weight excluding hydrogens is 204 g/mol. The fraction of sp³-hybridized carbons (Fsp3) is 0.333. The van der Waals surface area contributed by atoms with Crippen LogP contribution >= 0.6 is 0 Å². The second-order valence-corrected chi connectivity index (χ2v) is 4.33. The molecule has 1 aromatic carbocycles. The summed E-state index contributed by atoms with van der Waals surface area (Å²) in [6.07, 6.45) is 2.29. The average molecular weight is 216 g/mol. The Hall–Kier alpha value is -1.84. The van der Waals surface area contributed by atoms with Gasteiger partial charge in [0.15, 0.2) is 0 Å². The molecule has 0 atom stereocenters. The zero-order valence-electron chi connectivity index (χ0n) is 8.82. The van der Waals surface area contributed by atoms with Crippen LogP contribution in [0.5, 0.6) is 0 Å². The molecule has 0 saturated heterocycles. The van der Waals surface area contributed by atoms with Gasteiger partial charge >= 0.3 is 0 Å². The minimum Gasteiger partial charge on any atom is -0.366 e. The van der Waals surface area contributed by atoms with E-state index in [2.05, 4.69) is 0 Å². The van der Waals surface area contributed by atoms with Crippen molar-refractivity contribution in [2.24, 2.45) is 5.73 Å². The SMILES string of the molecule is NC(=O)c1cc2c3c(c1)CC(=O)N3CCC2. The maximum absolute atomic E-state index is 11.7. The summed E-state index contributed by atoms with van der Waals surface area (Å²) in [5.41, 5.74) is 8.87. The first-order chi connectivity index (χ1) is 7.66. The summed E-state index contributed by atoms with van der Waals surface area (Å²) in [4.78, 5) is 24.7. The van der Waals surface area contributed by atoms with Gasteiger partial charge in [-0.25, -0.2) is 0 Å². The lowest BCUT2D eigenvalue weighted by atomic mass is 9.97. The summed E-state index contributed by atoms with van der Waals surface area (Å²) < 4.78 is 0. The lowest BCUT2D eigenvalue weighted by Gasteiger charge is -2.25. The van der Waals surface area contributed by atoms with Crippen LogP contribution in [0.1, 0.15) is 27.9 Å². The van der Waals surface area contributed by atoms with E-state index in [1.54, 1.807) is 6.07 Å². The first-order valence-corrected chi connectivity index (χ1v) is 5.43. The Morgan fingerprint density at radius 3 is 2.81 bits per heavy atom. The van der Waals surface area contributed by atoms with E-state index in [1.165, 1.54) is 0 Å². The molecule has 3 rings (SSSR count). The number of anilines is 1. The van der Waals surface area contributed by atoms with E-state index in [0.29, 0.717) is 12.0 Å². The standard InChI is InChI=1S/C12H12N2O2/c13-12(16)9-4-7-2-1-3-14-10(15)6-8(5-9)11(7)14/h4-5H,1-3,6H2,(H2,13,16). The van der Waals surface area contributed by atoms with E-state index in [9.17, 15) is 9.59 Å². The minimum atomic E-state index is -0.421. The zero-order valence-corrected chi connectivity index (χ0v) is 8.82. The smallest absolute Gasteiger partial charge is 0.248 e. The molecule has 2 N–H and O–H groups in total. The van der Waals surface area contributed by atoms with Crippen molar-refractivity contribution in [3.05, 3.63) is 28.8 Å². The number of rotatable bonds is 1.